The van der Waals surface area contributed by atoms with E-state index in [1.165, 1.54) is 0 Å². The second-order valence-corrected chi connectivity index (χ2v) is 6.15. The number of hydrogen-bond acceptors (Lipinski definition) is 0. The van der Waals surface area contributed by atoms with Gasteiger partial charge in [0.25, 0.3) is 0 Å². The Kier molecular flexibility index (Phi) is 8.55. The second kappa shape index (κ2) is 10.3. The van der Waals surface area contributed by atoms with E-state index in [9.17, 15) is 61.5 Å². The molecule has 4 rings (SSSR count). The summed E-state index contributed by atoms with van der Waals surface area (Å²) in [5.74, 6) is -29.7. The van der Waals surface area contributed by atoms with Crippen LogP contribution >= 0.6 is 0 Å². The molecular formula is C20CaF14. The molecule has 0 aromatic heterocycles. The summed E-state index contributed by atoms with van der Waals surface area (Å²) in [7, 11) is 0. The summed E-state index contributed by atoms with van der Waals surface area (Å²) in [5, 5.41) is -6.31. The van der Waals surface area contributed by atoms with Gasteiger partial charge in [-0.15, -0.1) is 12.1 Å². The monoisotopic (exact) mass is 546 g/mol. The van der Waals surface area contributed by atoms with E-state index < -0.39 is 103 Å². The van der Waals surface area contributed by atoms with Gasteiger partial charge in [-0.3, -0.25) is 8.78 Å². The average Bonchev–Trinajstić information content (AvgIpc) is 2.78. The van der Waals surface area contributed by atoms with Crippen LogP contribution in [0.3, 0.4) is 0 Å². The van der Waals surface area contributed by atoms with Gasteiger partial charge in [0.05, 0.1) is 11.6 Å². The third kappa shape index (κ3) is 4.62. The van der Waals surface area contributed by atoms with Crippen molar-refractivity contribution >= 4 is 59.3 Å². The summed E-state index contributed by atoms with van der Waals surface area (Å²) in [4.78, 5) is 0. The number of halogens is 14. The van der Waals surface area contributed by atoms with Gasteiger partial charge in [-0.2, -0.15) is 0 Å². The molecule has 0 amide bonds. The minimum atomic E-state index is -2.35. The number of benzene rings is 4. The Hall–Kier alpha value is -2.32. The van der Waals surface area contributed by atoms with E-state index in [1.807, 2.05) is 0 Å². The summed E-state index contributed by atoms with van der Waals surface area (Å²) in [6.07, 6.45) is 0. The fraction of sp³-hybridized carbons (Fsp3) is 0. The van der Waals surface area contributed by atoms with Crippen LogP contribution in [0.25, 0.3) is 21.5 Å². The van der Waals surface area contributed by atoms with Crippen LogP contribution in [0.2, 0.25) is 0 Å². The summed E-state index contributed by atoms with van der Waals surface area (Å²) in [6, 6.07) is 2.18. The first-order valence-electron chi connectivity index (χ1n) is 8.15. The van der Waals surface area contributed by atoms with Crippen LogP contribution in [0.5, 0.6) is 0 Å². The summed E-state index contributed by atoms with van der Waals surface area (Å²) in [6.45, 7) is 0. The van der Waals surface area contributed by atoms with Crippen LogP contribution < -0.4 is 0 Å². The smallest absolute Gasteiger partial charge is 0.281 e. The van der Waals surface area contributed by atoms with Gasteiger partial charge < -0.3 is 0 Å². The number of hydrogen-bond donors (Lipinski definition) is 0. The minimum absolute atomic E-state index is 0. The largest absolute Gasteiger partial charge is 2.00 e. The van der Waals surface area contributed by atoms with Crippen LogP contribution in [-0.2, 0) is 0 Å². The molecule has 0 N–H and O–H groups in total. The van der Waals surface area contributed by atoms with E-state index >= 15 is 0 Å². The average molecular weight is 546 g/mol. The molecular weight excluding hydrogens is 546 g/mol. The van der Waals surface area contributed by atoms with Gasteiger partial charge in [0.1, 0.15) is 23.3 Å². The molecule has 180 valence electrons. The topological polar surface area (TPSA) is 0 Å². The first-order valence-corrected chi connectivity index (χ1v) is 8.15. The quantitative estimate of drug-likeness (QED) is 0.0745. The van der Waals surface area contributed by atoms with Crippen LogP contribution in [-0.4, -0.2) is 37.7 Å². The molecule has 0 atom stereocenters. The Morgan fingerprint density at radius 2 is 0.486 bits per heavy atom. The Labute approximate surface area is 213 Å². The molecule has 0 radical (unpaired) electrons. The molecule has 0 aliphatic carbocycles. The Morgan fingerprint density at radius 1 is 0.257 bits per heavy atom. The molecule has 0 aliphatic heterocycles. The molecule has 4 aromatic carbocycles. The van der Waals surface area contributed by atoms with Crippen LogP contribution in [0.4, 0.5) is 61.5 Å². The molecule has 15 heteroatoms. The fourth-order valence-corrected chi connectivity index (χ4v) is 2.73. The normalized spacial score (nSPS) is 10.9. The molecule has 0 spiro atoms. The summed E-state index contributed by atoms with van der Waals surface area (Å²) in [5.41, 5.74) is 0. The molecule has 0 heterocycles. The Bertz CT molecular complexity index is 1390. The van der Waals surface area contributed by atoms with Gasteiger partial charge in [0.15, 0.2) is 23.3 Å². The summed E-state index contributed by atoms with van der Waals surface area (Å²) < 4.78 is 181. The second-order valence-electron chi connectivity index (χ2n) is 6.15. The van der Waals surface area contributed by atoms with Crippen LogP contribution in [0, 0.1) is 93.6 Å². The molecule has 4 aromatic rings. The molecule has 35 heavy (non-hydrogen) atoms. The zero-order chi connectivity index (χ0) is 25.8. The van der Waals surface area contributed by atoms with Crippen molar-refractivity contribution in [1.82, 2.24) is 0 Å². The van der Waals surface area contributed by atoms with Crippen molar-refractivity contribution in [3.05, 3.63) is 93.6 Å². The minimum Gasteiger partial charge on any atom is -0.281 e. The molecule has 0 unspecified atom stereocenters. The zero-order valence-electron chi connectivity index (χ0n) is 16.0. The summed E-state index contributed by atoms with van der Waals surface area (Å²) >= 11 is 0. The van der Waals surface area contributed by atoms with Crippen molar-refractivity contribution in [2.24, 2.45) is 0 Å². The van der Waals surface area contributed by atoms with Gasteiger partial charge >= 0.3 is 37.7 Å². The van der Waals surface area contributed by atoms with Gasteiger partial charge in [-0.25, -0.2) is 52.7 Å². The number of rotatable bonds is 0. The first-order chi connectivity index (χ1) is 15.7. The van der Waals surface area contributed by atoms with E-state index in [0.717, 1.165) is 12.1 Å². The number of fused-ring (bicyclic) bond motifs is 2. The van der Waals surface area contributed by atoms with Gasteiger partial charge in [-0.1, -0.05) is 0 Å². The standard InChI is InChI=1S/2C10F7.Ca/c2*11-2-1-3(12)6(13)5-4(2)7(14)9(16)10(17)8(5)15;/q2*-1;+2. The maximum Gasteiger partial charge on any atom is 2.00 e. The fourth-order valence-electron chi connectivity index (χ4n) is 2.73. The van der Waals surface area contributed by atoms with Crippen molar-refractivity contribution in [2.75, 3.05) is 0 Å². The van der Waals surface area contributed by atoms with Crippen molar-refractivity contribution < 1.29 is 61.5 Å². The van der Waals surface area contributed by atoms with E-state index in [1.54, 1.807) is 0 Å². The van der Waals surface area contributed by atoms with E-state index in [4.69, 9.17) is 0 Å². The maximum absolute atomic E-state index is 13.1. The van der Waals surface area contributed by atoms with Crippen LogP contribution in [0.1, 0.15) is 0 Å². The maximum atomic E-state index is 13.1. The van der Waals surface area contributed by atoms with Gasteiger partial charge in [-0.05, 0) is 21.5 Å². The predicted molar refractivity (Wildman–Crippen MR) is 90.7 cm³/mol. The van der Waals surface area contributed by atoms with Crippen molar-refractivity contribution in [1.29, 1.82) is 0 Å². The molecule has 0 saturated carbocycles. The van der Waals surface area contributed by atoms with Crippen LogP contribution in [0.15, 0.2) is 0 Å². The van der Waals surface area contributed by atoms with E-state index in [0.29, 0.717) is 0 Å². The third-order valence-electron chi connectivity index (χ3n) is 4.24. The molecule has 0 fully saturated rings. The van der Waals surface area contributed by atoms with Gasteiger partial charge in [0.2, 0.25) is 0 Å². The third-order valence-corrected chi connectivity index (χ3v) is 4.24. The zero-order valence-corrected chi connectivity index (χ0v) is 18.2. The molecule has 0 nitrogen and oxygen atoms in total. The Balaban J connectivity index is 0.000000240. The van der Waals surface area contributed by atoms with Crippen molar-refractivity contribution in [2.45, 2.75) is 0 Å². The van der Waals surface area contributed by atoms with E-state index in [-0.39, 0.29) is 37.7 Å². The first kappa shape index (κ1) is 28.9. The van der Waals surface area contributed by atoms with Crippen molar-refractivity contribution in [3.63, 3.8) is 0 Å². The predicted octanol–water partition coefficient (Wildman–Crippen LogP) is 6.85. The molecule has 0 saturated heterocycles. The molecule has 0 aliphatic rings. The van der Waals surface area contributed by atoms with E-state index in [2.05, 4.69) is 0 Å². The molecule has 0 bridgehead atoms. The van der Waals surface area contributed by atoms with Gasteiger partial charge in [0, 0.05) is 23.3 Å². The van der Waals surface area contributed by atoms with Crippen molar-refractivity contribution in [3.8, 4) is 0 Å². The SMILES string of the molecule is Fc1[c-]c(F)c2c(F)c(F)c(F)c(F)c2c1F.Fc1[c-]c(F)c2c(F)c(F)c(F)c(F)c2c1F.[Ca+2]. The Morgan fingerprint density at radius 3 is 0.743 bits per heavy atom.